The maximum Gasteiger partial charge on any atom is 0.258 e. The van der Waals surface area contributed by atoms with Crippen molar-refractivity contribution >= 4 is 20.9 Å². The summed E-state index contributed by atoms with van der Waals surface area (Å²) in [5, 5.41) is 4.44. The van der Waals surface area contributed by atoms with Crippen molar-refractivity contribution < 1.29 is 8.42 Å². The Morgan fingerprint density at radius 1 is 1.28 bits per heavy atom. The lowest BCUT2D eigenvalue weighted by atomic mass is 10.2. The van der Waals surface area contributed by atoms with Crippen LogP contribution in [0.5, 0.6) is 0 Å². The van der Waals surface area contributed by atoms with Crippen LogP contribution in [0, 0.1) is 0 Å². The predicted molar refractivity (Wildman–Crippen MR) is 91.4 cm³/mol. The number of nitrogens with zero attached hydrogens (tertiary/aromatic N) is 4. The second-order valence-electron chi connectivity index (χ2n) is 6.09. The minimum Gasteiger partial charge on any atom is -0.309 e. The molecule has 3 aromatic rings. The Morgan fingerprint density at radius 2 is 2.08 bits per heavy atom. The lowest BCUT2D eigenvalue weighted by Crippen LogP contribution is -2.32. The summed E-state index contributed by atoms with van der Waals surface area (Å²) in [5.41, 5.74) is 0.304. The van der Waals surface area contributed by atoms with Crippen LogP contribution in [0.25, 0.3) is 10.9 Å². The van der Waals surface area contributed by atoms with Gasteiger partial charge in [0.15, 0.2) is 0 Å². The van der Waals surface area contributed by atoms with E-state index in [1.54, 1.807) is 31.3 Å². The Morgan fingerprint density at radius 3 is 2.84 bits per heavy atom. The Hall–Kier alpha value is -2.52. The van der Waals surface area contributed by atoms with Crippen LogP contribution >= 0.6 is 0 Å². The molecule has 25 heavy (non-hydrogen) atoms. The number of benzene rings is 1. The van der Waals surface area contributed by atoms with Gasteiger partial charge < -0.3 is 4.98 Å². The molecule has 0 radical (unpaired) electrons. The number of nitrogens with one attached hydrogen (secondary N) is 1. The Bertz CT molecular complexity index is 1100. The number of aromatic nitrogens is 4. The molecule has 1 atom stereocenters. The van der Waals surface area contributed by atoms with E-state index in [1.807, 2.05) is 0 Å². The number of H-pyrrole nitrogens is 1. The van der Waals surface area contributed by atoms with Crippen LogP contribution < -0.4 is 5.56 Å². The highest BCUT2D eigenvalue weighted by Gasteiger charge is 2.38. The van der Waals surface area contributed by atoms with Gasteiger partial charge in [-0.2, -0.15) is 9.40 Å². The van der Waals surface area contributed by atoms with E-state index in [1.165, 1.54) is 21.4 Å². The van der Waals surface area contributed by atoms with Crippen molar-refractivity contribution in [3.63, 3.8) is 0 Å². The molecule has 1 N–H and O–H groups in total. The first-order valence-electron chi connectivity index (χ1n) is 7.96. The largest absolute Gasteiger partial charge is 0.309 e. The van der Waals surface area contributed by atoms with Crippen LogP contribution in [-0.2, 0) is 17.1 Å². The van der Waals surface area contributed by atoms with Gasteiger partial charge in [-0.3, -0.25) is 9.48 Å². The molecule has 8 nitrogen and oxygen atoms in total. The maximum atomic E-state index is 12.9. The quantitative estimate of drug-likeness (QED) is 0.757. The van der Waals surface area contributed by atoms with E-state index >= 15 is 0 Å². The predicted octanol–water partition coefficient (Wildman–Crippen LogP) is 1.18. The first-order chi connectivity index (χ1) is 12.0. The topological polar surface area (TPSA) is 101 Å². The van der Waals surface area contributed by atoms with Gasteiger partial charge in [0.2, 0.25) is 10.0 Å². The molecule has 3 heterocycles. The van der Waals surface area contributed by atoms with Gasteiger partial charge >= 0.3 is 0 Å². The standard InChI is InChI=1S/C16H17N5O3S/c1-20-10-11(9-17-20)25(23,24)21-8-4-7-14(21)15-18-13-6-3-2-5-12(13)16(22)19-15/h2-3,5-6,9-10,14H,4,7-8H2,1H3,(H,18,19,22). The van der Waals surface area contributed by atoms with Gasteiger partial charge in [-0.05, 0) is 25.0 Å². The summed E-state index contributed by atoms with van der Waals surface area (Å²) in [6.07, 6.45) is 4.13. The summed E-state index contributed by atoms with van der Waals surface area (Å²) < 4.78 is 28.7. The highest BCUT2D eigenvalue weighted by molar-refractivity contribution is 7.89. The number of fused-ring (bicyclic) bond motifs is 1. The van der Waals surface area contributed by atoms with Crippen LogP contribution in [0.15, 0.2) is 46.3 Å². The molecule has 1 unspecified atom stereocenters. The molecule has 0 saturated carbocycles. The van der Waals surface area contributed by atoms with Gasteiger partial charge in [0.05, 0.1) is 23.1 Å². The number of aromatic amines is 1. The van der Waals surface area contributed by atoms with E-state index in [-0.39, 0.29) is 10.5 Å². The van der Waals surface area contributed by atoms with E-state index < -0.39 is 16.1 Å². The molecule has 1 aliphatic rings. The second kappa shape index (κ2) is 5.78. The zero-order chi connectivity index (χ0) is 17.6. The van der Waals surface area contributed by atoms with Crippen molar-refractivity contribution in [2.45, 2.75) is 23.8 Å². The SMILES string of the molecule is Cn1cc(S(=O)(=O)N2CCCC2c2nc3ccccc3c(=O)[nH]2)cn1. The Balaban J connectivity index is 1.79. The van der Waals surface area contributed by atoms with E-state index in [2.05, 4.69) is 15.1 Å². The lowest BCUT2D eigenvalue weighted by molar-refractivity contribution is 0.383. The zero-order valence-electron chi connectivity index (χ0n) is 13.6. The number of hydrogen-bond donors (Lipinski definition) is 1. The first kappa shape index (κ1) is 16.0. The third kappa shape index (κ3) is 2.65. The average molecular weight is 359 g/mol. The lowest BCUT2D eigenvalue weighted by Gasteiger charge is -2.22. The molecular weight excluding hydrogens is 342 g/mol. The Labute approximate surface area is 144 Å². The van der Waals surface area contributed by atoms with E-state index in [0.29, 0.717) is 36.1 Å². The minimum atomic E-state index is -3.69. The second-order valence-corrected chi connectivity index (χ2v) is 7.98. The molecule has 2 aromatic heterocycles. The van der Waals surface area contributed by atoms with Crippen molar-refractivity contribution in [1.82, 2.24) is 24.1 Å². The summed E-state index contributed by atoms with van der Waals surface area (Å²) in [6.45, 7) is 0.387. The minimum absolute atomic E-state index is 0.144. The summed E-state index contributed by atoms with van der Waals surface area (Å²) in [7, 11) is -2.02. The van der Waals surface area contributed by atoms with Gasteiger partial charge in [0, 0.05) is 19.8 Å². The maximum absolute atomic E-state index is 12.9. The van der Waals surface area contributed by atoms with Crippen molar-refractivity contribution in [3.8, 4) is 0 Å². The van der Waals surface area contributed by atoms with Crippen molar-refractivity contribution in [1.29, 1.82) is 0 Å². The summed E-state index contributed by atoms with van der Waals surface area (Å²) in [4.78, 5) is 19.7. The zero-order valence-corrected chi connectivity index (χ0v) is 14.4. The fourth-order valence-electron chi connectivity index (χ4n) is 3.23. The highest BCUT2D eigenvalue weighted by atomic mass is 32.2. The third-order valence-electron chi connectivity index (χ3n) is 4.44. The molecule has 1 aliphatic heterocycles. The molecule has 4 rings (SSSR count). The van der Waals surface area contributed by atoms with Crippen LogP contribution in [0.1, 0.15) is 24.7 Å². The average Bonchev–Trinajstić information content (AvgIpc) is 3.24. The van der Waals surface area contributed by atoms with Crippen molar-refractivity contribution in [2.75, 3.05) is 6.54 Å². The van der Waals surface area contributed by atoms with Gasteiger partial charge in [-0.15, -0.1) is 0 Å². The number of hydrogen-bond acceptors (Lipinski definition) is 5. The number of aryl methyl sites for hydroxylation is 1. The fourth-order valence-corrected chi connectivity index (χ4v) is 4.88. The van der Waals surface area contributed by atoms with E-state index in [0.717, 1.165) is 0 Å². The molecule has 130 valence electrons. The van der Waals surface area contributed by atoms with Crippen LogP contribution in [0.2, 0.25) is 0 Å². The van der Waals surface area contributed by atoms with Crippen LogP contribution in [-0.4, -0.2) is 39.0 Å². The van der Waals surface area contributed by atoms with Crippen LogP contribution in [0.4, 0.5) is 0 Å². The molecule has 1 saturated heterocycles. The normalized spacial score (nSPS) is 18.8. The van der Waals surface area contributed by atoms with Gasteiger partial charge in [-0.1, -0.05) is 12.1 Å². The summed E-state index contributed by atoms with van der Waals surface area (Å²) in [6, 6.07) is 6.54. The van der Waals surface area contributed by atoms with E-state index in [9.17, 15) is 13.2 Å². The highest BCUT2D eigenvalue weighted by Crippen LogP contribution is 2.34. The molecule has 0 aliphatic carbocycles. The van der Waals surface area contributed by atoms with Gasteiger partial charge in [0.1, 0.15) is 10.7 Å². The van der Waals surface area contributed by atoms with Crippen molar-refractivity contribution in [3.05, 3.63) is 52.8 Å². The number of sulfonamides is 1. The molecule has 0 spiro atoms. The number of rotatable bonds is 3. The number of para-hydroxylation sites is 1. The Kier molecular flexibility index (Phi) is 3.69. The van der Waals surface area contributed by atoms with E-state index in [4.69, 9.17) is 0 Å². The third-order valence-corrected chi connectivity index (χ3v) is 6.30. The monoisotopic (exact) mass is 359 g/mol. The summed E-state index contributed by atoms with van der Waals surface area (Å²) >= 11 is 0. The fraction of sp³-hybridized carbons (Fsp3) is 0.312. The summed E-state index contributed by atoms with van der Waals surface area (Å²) in [5.74, 6) is 0.383. The molecule has 0 amide bonds. The smallest absolute Gasteiger partial charge is 0.258 e. The molecule has 1 aromatic carbocycles. The molecule has 1 fully saturated rings. The molecular formula is C16H17N5O3S. The van der Waals surface area contributed by atoms with Gasteiger partial charge in [0.25, 0.3) is 5.56 Å². The first-order valence-corrected chi connectivity index (χ1v) is 9.40. The molecule has 9 heteroatoms. The van der Waals surface area contributed by atoms with Crippen LogP contribution in [0.3, 0.4) is 0 Å². The molecule has 0 bridgehead atoms. The van der Waals surface area contributed by atoms with Crippen molar-refractivity contribution in [2.24, 2.45) is 7.05 Å². The van der Waals surface area contributed by atoms with Gasteiger partial charge in [-0.25, -0.2) is 13.4 Å².